The number of nitrogens with one attached hydrogen (secondary N) is 1. The molecule has 1 N–H and O–H groups in total. The van der Waals surface area contributed by atoms with Crippen LogP contribution in [0.4, 0.5) is 0 Å². The zero-order valence-electron chi connectivity index (χ0n) is 12.6. The van der Waals surface area contributed by atoms with E-state index in [1.54, 1.807) is 7.11 Å². The van der Waals surface area contributed by atoms with Crippen LogP contribution in [0.2, 0.25) is 5.02 Å². The molecule has 1 saturated carbocycles. The summed E-state index contributed by atoms with van der Waals surface area (Å²) in [5.41, 5.74) is 1.18. The Bertz CT molecular complexity index is 415. The van der Waals surface area contributed by atoms with E-state index in [1.165, 1.54) is 44.1 Å². The van der Waals surface area contributed by atoms with Crippen molar-refractivity contribution in [3.8, 4) is 5.75 Å². The standard InChI is InChI=1S/C17H26ClNO/c1-19-16(10-8-13-6-4-3-5-7-13)15-12-14(18)9-11-17(15)20-2/h9,11-13,16,19H,3-8,10H2,1-2H3. The molecule has 0 bridgehead atoms. The minimum atomic E-state index is 0.325. The van der Waals surface area contributed by atoms with Crippen LogP contribution >= 0.6 is 11.6 Å². The third-order valence-corrected chi connectivity index (χ3v) is 4.74. The summed E-state index contributed by atoms with van der Waals surface area (Å²) in [4.78, 5) is 0. The number of methoxy groups -OCH3 is 1. The lowest BCUT2D eigenvalue weighted by Gasteiger charge is -2.25. The second-order valence-corrected chi connectivity index (χ2v) is 6.25. The summed E-state index contributed by atoms with van der Waals surface area (Å²) in [5, 5.41) is 4.20. The highest BCUT2D eigenvalue weighted by Gasteiger charge is 2.19. The SMILES string of the molecule is CNC(CCC1CCCCC1)c1cc(Cl)ccc1OC. The number of benzene rings is 1. The fourth-order valence-electron chi connectivity index (χ4n) is 3.31. The van der Waals surface area contributed by atoms with E-state index in [0.717, 1.165) is 23.1 Å². The first-order valence-corrected chi connectivity index (χ1v) is 8.13. The van der Waals surface area contributed by atoms with Crippen LogP contribution in [0, 0.1) is 5.92 Å². The van der Waals surface area contributed by atoms with Gasteiger partial charge in [-0.3, -0.25) is 0 Å². The van der Waals surface area contributed by atoms with Crippen LogP contribution in [0.5, 0.6) is 5.75 Å². The summed E-state index contributed by atoms with van der Waals surface area (Å²) < 4.78 is 5.48. The minimum Gasteiger partial charge on any atom is -0.496 e. The Morgan fingerprint density at radius 2 is 2.05 bits per heavy atom. The van der Waals surface area contributed by atoms with Gasteiger partial charge in [-0.1, -0.05) is 43.7 Å². The van der Waals surface area contributed by atoms with Gasteiger partial charge in [-0.2, -0.15) is 0 Å². The Morgan fingerprint density at radius 1 is 1.30 bits per heavy atom. The van der Waals surface area contributed by atoms with Gasteiger partial charge in [0.1, 0.15) is 5.75 Å². The third-order valence-electron chi connectivity index (χ3n) is 4.50. The van der Waals surface area contributed by atoms with Crippen molar-refractivity contribution >= 4 is 11.6 Å². The Morgan fingerprint density at radius 3 is 2.70 bits per heavy atom. The molecule has 20 heavy (non-hydrogen) atoms. The average Bonchev–Trinajstić information content (AvgIpc) is 2.49. The van der Waals surface area contributed by atoms with Gasteiger partial charge in [0, 0.05) is 16.6 Å². The van der Waals surface area contributed by atoms with Crippen molar-refractivity contribution in [1.82, 2.24) is 5.32 Å². The van der Waals surface area contributed by atoms with Crippen molar-refractivity contribution in [2.45, 2.75) is 51.0 Å². The maximum Gasteiger partial charge on any atom is 0.123 e. The molecule has 0 aromatic heterocycles. The molecule has 0 aliphatic heterocycles. The topological polar surface area (TPSA) is 21.3 Å². The number of rotatable bonds is 6. The van der Waals surface area contributed by atoms with Gasteiger partial charge in [-0.05, 0) is 44.0 Å². The van der Waals surface area contributed by atoms with E-state index < -0.39 is 0 Å². The van der Waals surface area contributed by atoms with Gasteiger partial charge in [0.2, 0.25) is 0 Å². The second kappa shape index (κ2) is 7.90. The van der Waals surface area contributed by atoms with Gasteiger partial charge in [0.25, 0.3) is 0 Å². The molecule has 0 saturated heterocycles. The number of ether oxygens (including phenoxy) is 1. The number of halogens is 1. The van der Waals surface area contributed by atoms with E-state index in [2.05, 4.69) is 5.32 Å². The molecule has 1 unspecified atom stereocenters. The predicted molar refractivity (Wildman–Crippen MR) is 85.6 cm³/mol. The molecular weight excluding hydrogens is 270 g/mol. The summed E-state index contributed by atoms with van der Waals surface area (Å²) in [7, 11) is 3.74. The molecule has 112 valence electrons. The molecular formula is C17H26ClNO. The van der Waals surface area contributed by atoms with Crippen molar-refractivity contribution < 1.29 is 4.74 Å². The molecule has 2 nitrogen and oxygen atoms in total. The van der Waals surface area contributed by atoms with Gasteiger partial charge in [-0.25, -0.2) is 0 Å². The Labute approximate surface area is 127 Å². The van der Waals surface area contributed by atoms with E-state index in [9.17, 15) is 0 Å². The van der Waals surface area contributed by atoms with Crippen molar-refractivity contribution in [3.63, 3.8) is 0 Å². The number of hydrogen-bond donors (Lipinski definition) is 1. The van der Waals surface area contributed by atoms with Crippen molar-refractivity contribution in [2.75, 3.05) is 14.2 Å². The first-order valence-electron chi connectivity index (χ1n) is 7.75. The van der Waals surface area contributed by atoms with Crippen molar-refractivity contribution in [3.05, 3.63) is 28.8 Å². The molecule has 0 heterocycles. The monoisotopic (exact) mass is 295 g/mol. The van der Waals surface area contributed by atoms with Crippen LogP contribution in [0.15, 0.2) is 18.2 Å². The lowest BCUT2D eigenvalue weighted by molar-refractivity contribution is 0.314. The van der Waals surface area contributed by atoms with Gasteiger partial charge >= 0.3 is 0 Å². The molecule has 0 radical (unpaired) electrons. The predicted octanol–water partition coefficient (Wildman–Crippen LogP) is 4.97. The highest BCUT2D eigenvalue weighted by atomic mass is 35.5. The minimum absolute atomic E-state index is 0.325. The summed E-state index contributed by atoms with van der Waals surface area (Å²) >= 11 is 6.14. The summed E-state index contributed by atoms with van der Waals surface area (Å²) in [6.07, 6.45) is 9.50. The van der Waals surface area contributed by atoms with E-state index in [4.69, 9.17) is 16.3 Å². The molecule has 3 heteroatoms. The van der Waals surface area contributed by atoms with E-state index >= 15 is 0 Å². The number of hydrogen-bond acceptors (Lipinski definition) is 2. The summed E-state index contributed by atoms with van der Waals surface area (Å²) in [6.45, 7) is 0. The lowest BCUT2D eigenvalue weighted by atomic mass is 9.84. The summed E-state index contributed by atoms with van der Waals surface area (Å²) in [5.74, 6) is 1.84. The molecule has 1 aliphatic carbocycles. The molecule has 0 amide bonds. The maximum absolute atomic E-state index is 6.14. The van der Waals surface area contributed by atoms with E-state index in [0.29, 0.717) is 6.04 Å². The normalized spacial score (nSPS) is 17.9. The first-order chi connectivity index (χ1) is 9.74. The average molecular weight is 296 g/mol. The third kappa shape index (κ3) is 4.13. The summed E-state index contributed by atoms with van der Waals surface area (Å²) in [6, 6.07) is 6.20. The Hall–Kier alpha value is -0.730. The van der Waals surface area contributed by atoms with Crippen LogP contribution < -0.4 is 10.1 Å². The molecule has 1 atom stereocenters. The molecule has 1 aliphatic rings. The fourth-order valence-corrected chi connectivity index (χ4v) is 3.49. The Kier molecular flexibility index (Phi) is 6.18. The first kappa shape index (κ1) is 15.7. The maximum atomic E-state index is 6.14. The zero-order chi connectivity index (χ0) is 14.4. The molecule has 1 fully saturated rings. The largest absolute Gasteiger partial charge is 0.496 e. The van der Waals surface area contributed by atoms with E-state index in [1.807, 2.05) is 25.2 Å². The second-order valence-electron chi connectivity index (χ2n) is 5.81. The smallest absolute Gasteiger partial charge is 0.123 e. The van der Waals surface area contributed by atoms with Crippen LogP contribution in [-0.2, 0) is 0 Å². The van der Waals surface area contributed by atoms with Crippen LogP contribution in [0.1, 0.15) is 56.6 Å². The van der Waals surface area contributed by atoms with Gasteiger partial charge in [0.15, 0.2) is 0 Å². The van der Waals surface area contributed by atoms with Crippen LogP contribution in [0.25, 0.3) is 0 Å². The van der Waals surface area contributed by atoms with Gasteiger partial charge < -0.3 is 10.1 Å². The molecule has 2 rings (SSSR count). The quantitative estimate of drug-likeness (QED) is 0.800. The lowest BCUT2D eigenvalue weighted by Crippen LogP contribution is -2.19. The fraction of sp³-hybridized carbons (Fsp3) is 0.647. The Balaban J connectivity index is 2.01. The zero-order valence-corrected chi connectivity index (χ0v) is 13.4. The molecule has 1 aromatic carbocycles. The van der Waals surface area contributed by atoms with Crippen molar-refractivity contribution in [2.24, 2.45) is 5.92 Å². The molecule has 0 spiro atoms. The highest BCUT2D eigenvalue weighted by Crippen LogP contribution is 2.34. The molecule has 1 aromatic rings. The van der Waals surface area contributed by atoms with Crippen LogP contribution in [0.3, 0.4) is 0 Å². The van der Waals surface area contributed by atoms with Crippen molar-refractivity contribution in [1.29, 1.82) is 0 Å². The highest BCUT2D eigenvalue weighted by molar-refractivity contribution is 6.30. The van der Waals surface area contributed by atoms with Crippen LogP contribution in [-0.4, -0.2) is 14.2 Å². The van der Waals surface area contributed by atoms with E-state index in [-0.39, 0.29) is 0 Å². The van der Waals surface area contributed by atoms with Gasteiger partial charge in [0.05, 0.1) is 7.11 Å². The van der Waals surface area contributed by atoms with Gasteiger partial charge in [-0.15, -0.1) is 0 Å².